The van der Waals surface area contributed by atoms with E-state index in [9.17, 15) is 4.79 Å². The minimum absolute atomic E-state index is 0.258. The SMILES string of the molecule is COc1ccccc1OCc1cccc(C(=O)Nc2nn(Cc3ccc(Cl)cc3)cc2Br)c1. The average Bonchev–Trinajstić information content (AvgIpc) is 3.17. The Hall–Kier alpha value is -3.29. The van der Waals surface area contributed by atoms with Gasteiger partial charge in [-0.25, -0.2) is 0 Å². The van der Waals surface area contributed by atoms with Crippen LogP contribution in [0.1, 0.15) is 21.5 Å². The van der Waals surface area contributed by atoms with E-state index in [4.69, 9.17) is 21.1 Å². The molecular weight excluding hydrogens is 506 g/mol. The van der Waals surface area contributed by atoms with Crippen LogP contribution in [0.5, 0.6) is 11.5 Å². The third kappa shape index (κ3) is 5.94. The van der Waals surface area contributed by atoms with Gasteiger partial charge in [0, 0.05) is 16.8 Å². The van der Waals surface area contributed by atoms with Gasteiger partial charge in [0.05, 0.1) is 18.1 Å². The van der Waals surface area contributed by atoms with Crippen molar-refractivity contribution >= 4 is 39.3 Å². The standard InChI is InChI=1S/C25H21BrClN3O3/c1-32-22-7-2-3-8-23(22)33-16-18-5-4-6-19(13-18)25(31)28-24-21(26)15-30(29-24)14-17-9-11-20(27)12-10-17/h2-13,15H,14,16H2,1H3,(H,28,29,31). The maximum absolute atomic E-state index is 12.8. The smallest absolute Gasteiger partial charge is 0.256 e. The molecule has 4 aromatic rings. The van der Waals surface area contributed by atoms with E-state index < -0.39 is 0 Å². The normalized spacial score (nSPS) is 10.6. The molecule has 1 amide bonds. The van der Waals surface area contributed by atoms with Crippen molar-refractivity contribution in [2.24, 2.45) is 0 Å². The summed E-state index contributed by atoms with van der Waals surface area (Å²) in [5, 5.41) is 8.02. The number of benzene rings is 3. The van der Waals surface area contributed by atoms with Crippen LogP contribution in [-0.2, 0) is 13.2 Å². The number of halogens is 2. The second kappa shape index (κ2) is 10.6. The van der Waals surface area contributed by atoms with E-state index in [-0.39, 0.29) is 5.91 Å². The van der Waals surface area contributed by atoms with Crippen LogP contribution >= 0.6 is 27.5 Å². The van der Waals surface area contributed by atoms with Crippen LogP contribution in [0.15, 0.2) is 83.5 Å². The molecule has 1 aromatic heterocycles. The zero-order valence-electron chi connectivity index (χ0n) is 17.8. The first-order valence-corrected chi connectivity index (χ1v) is 11.3. The van der Waals surface area contributed by atoms with Gasteiger partial charge in [0.2, 0.25) is 0 Å². The summed E-state index contributed by atoms with van der Waals surface area (Å²) >= 11 is 9.42. The molecule has 4 rings (SSSR count). The van der Waals surface area contributed by atoms with Crippen LogP contribution < -0.4 is 14.8 Å². The minimum Gasteiger partial charge on any atom is -0.493 e. The van der Waals surface area contributed by atoms with Gasteiger partial charge in [-0.1, -0.05) is 48.0 Å². The highest BCUT2D eigenvalue weighted by Crippen LogP contribution is 2.27. The largest absolute Gasteiger partial charge is 0.493 e. The Morgan fingerprint density at radius 2 is 1.79 bits per heavy atom. The Bertz CT molecular complexity index is 1260. The Morgan fingerprint density at radius 1 is 1.03 bits per heavy atom. The number of aromatic nitrogens is 2. The first kappa shape index (κ1) is 22.9. The molecule has 0 saturated carbocycles. The summed E-state index contributed by atoms with van der Waals surface area (Å²) in [4.78, 5) is 12.8. The number of hydrogen-bond donors (Lipinski definition) is 1. The molecule has 0 radical (unpaired) electrons. The molecule has 1 heterocycles. The summed E-state index contributed by atoms with van der Waals surface area (Å²) in [6.45, 7) is 0.863. The fraction of sp³-hybridized carbons (Fsp3) is 0.120. The maximum Gasteiger partial charge on any atom is 0.256 e. The number of rotatable bonds is 8. The van der Waals surface area contributed by atoms with Gasteiger partial charge in [0.25, 0.3) is 5.91 Å². The van der Waals surface area contributed by atoms with E-state index in [2.05, 4.69) is 26.3 Å². The number of carbonyl (C=O) groups excluding carboxylic acids is 1. The fourth-order valence-corrected chi connectivity index (χ4v) is 3.76. The Morgan fingerprint density at radius 3 is 2.55 bits per heavy atom. The number of anilines is 1. The van der Waals surface area contributed by atoms with E-state index in [0.29, 0.717) is 45.5 Å². The molecule has 0 fully saturated rings. The molecule has 168 valence electrons. The molecule has 0 spiro atoms. The maximum atomic E-state index is 12.8. The number of nitrogens with zero attached hydrogens (tertiary/aromatic N) is 2. The molecule has 0 bridgehead atoms. The van der Waals surface area contributed by atoms with Crippen LogP contribution in [0.3, 0.4) is 0 Å². The van der Waals surface area contributed by atoms with E-state index in [1.54, 1.807) is 23.9 Å². The summed E-state index contributed by atoms with van der Waals surface area (Å²) in [5.74, 6) is 1.49. The molecule has 33 heavy (non-hydrogen) atoms. The molecule has 0 saturated heterocycles. The van der Waals surface area contributed by atoms with Gasteiger partial charge in [0.15, 0.2) is 17.3 Å². The first-order chi connectivity index (χ1) is 16.0. The van der Waals surface area contributed by atoms with Gasteiger partial charge in [0.1, 0.15) is 6.61 Å². The summed E-state index contributed by atoms with van der Waals surface area (Å²) in [6, 6.07) is 22.3. The van der Waals surface area contributed by atoms with Crippen molar-refractivity contribution < 1.29 is 14.3 Å². The molecule has 0 aliphatic rings. The minimum atomic E-state index is -0.258. The average molecular weight is 527 g/mol. The van der Waals surface area contributed by atoms with E-state index >= 15 is 0 Å². The van der Waals surface area contributed by atoms with Crippen molar-refractivity contribution in [1.82, 2.24) is 9.78 Å². The van der Waals surface area contributed by atoms with Crippen LogP contribution in [0.4, 0.5) is 5.82 Å². The lowest BCUT2D eigenvalue weighted by atomic mass is 10.1. The Balaban J connectivity index is 1.41. The second-order valence-electron chi connectivity index (χ2n) is 7.24. The molecule has 0 aliphatic carbocycles. The highest BCUT2D eigenvalue weighted by atomic mass is 79.9. The van der Waals surface area contributed by atoms with Gasteiger partial charge in [-0.3, -0.25) is 9.48 Å². The summed E-state index contributed by atoms with van der Waals surface area (Å²) in [7, 11) is 1.60. The van der Waals surface area contributed by atoms with Crippen molar-refractivity contribution in [2.75, 3.05) is 12.4 Å². The quantitative estimate of drug-likeness (QED) is 0.297. The van der Waals surface area contributed by atoms with Gasteiger partial charge >= 0.3 is 0 Å². The molecule has 6 nitrogen and oxygen atoms in total. The second-order valence-corrected chi connectivity index (χ2v) is 8.53. The van der Waals surface area contributed by atoms with Crippen LogP contribution in [0, 0.1) is 0 Å². The zero-order valence-corrected chi connectivity index (χ0v) is 20.1. The number of methoxy groups -OCH3 is 1. The summed E-state index contributed by atoms with van der Waals surface area (Å²) in [6.07, 6.45) is 1.82. The van der Waals surface area contributed by atoms with Crippen LogP contribution in [0.25, 0.3) is 0 Å². The number of carbonyl (C=O) groups is 1. The molecule has 0 aliphatic heterocycles. The fourth-order valence-electron chi connectivity index (χ4n) is 3.22. The topological polar surface area (TPSA) is 65.4 Å². The number of hydrogen-bond acceptors (Lipinski definition) is 4. The molecule has 1 N–H and O–H groups in total. The molecule has 0 atom stereocenters. The van der Waals surface area contributed by atoms with Crippen LogP contribution in [0.2, 0.25) is 5.02 Å². The summed E-state index contributed by atoms with van der Waals surface area (Å²) < 4.78 is 13.6. The van der Waals surface area contributed by atoms with Gasteiger partial charge in [-0.15, -0.1) is 0 Å². The predicted octanol–water partition coefficient (Wildman–Crippen LogP) is 6.19. The lowest BCUT2D eigenvalue weighted by molar-refractivity contribution is 0.102. The lowest BCUT2D eigenvalue weighted by Gasteiger charge is -2.11. The summed E-state index contributed by atoms with van der Waals surface area (Å²) in [5.41, 5.74) is 2.42. The molecular formula is C25H21BrClN3O3. The van der Waals surface area contributed by atoms with Crippen molar-refractivity contribution in [2.45, 2.75) is 13.2 Å². The number of nitrogens with one attached hydrogen (secondary N) is 1. The third-order valence-electron chi connectivity index (χ3n) is 4.86. The Labute approximate surface area is 205 Å². The monoisotopic (exact) mass is 525 g/mol. The van der Waals surface area contributed by atoms with Crippen LogP contribution in [-0.4, -0.2) is 22.8 Å². The molecule has 8 heteroatoms. The molecule has 3 aromatic carbocycles. The zero-order chi connectivity index (χ0) is 23.2. The van der Waals surface area contributed by atoms with Crippen molar-refractivity contribution in [3.63, 3.8) is 0 Å². The van der Waals surface area contributed by atoms with E-state index in [1.165, 1.54) is 0 Å². The van der Waals surface area contributed by atoms with Gasteiger partial charge in [-0.05, 0) is 63.5 Å². The third-order valence-corrected chi connectivity index (χ3v) is 5.69. The number of para-hydroxylation sites is 2. The van der Waals surface area contributed by atoms with E-state index in [1.807, 2.05) is 66.9 Å². The van der Waals surface area contributed by atoms with E-state index in [0.717, 1.165) is 11.1 Å². The predicted molar refractivity (Wildman–Crippen MR) is 132 cm³/mol. The number of amides is 1. The number of ether oxygens (including phenoxy) is 2. The highest BCUT2D eigenvalue weighted by molar-refractivity contribution is 9.10. The lowest BCUT2D eigenvalue weighted by Crippen LogP contribution is -2.13. The van der Waals surface area contributed by atoms with Gasteiger partial charge in [-0.2, -0.15) is 5.10 Å². The first-order valence-electron chi connectivity index (χ1n) is 10.2. The van der Waals surface area contributed by atoms with Gasteiger partial charge < -0.3 is 14.8 Å². The molecule has 0 unspecified atom stereocenters. The van der Waals surface area contributed by atoms with Crippen molar-refractivity contribution in [3.05, 3.63) is 105 Å². The highest BCUT2D eigenvalue weighted by Gasteiger charge is 2.13. The van der Waals surface area contributed by atoms with Crippen molar-refractivity contribution in [1.29, 1.82) is 0 Å². The Kier molecular flexibility index (Phi) is 7.32. The van der Waals surface area contributed by atoms with Crippen molar-refractivity contribution in [3.8, 4) is 11.5 Å².